The lowest BCUT2D eigenvalue weighted by Crippen LogP contribution is -2.52. The highest BCUT2D eigenvalue weighted by molar-refractivity contribution is 9.10. The highest BCUT2D eigenvalue weighted by Crippen LogP contribution is 2.21. The van der Waals surface area contributed by atoms with Crippen LogP contribution >= 0.6 is 15.9 Å². The number of likely N-dealkylation sites (N-methyl/N-ethyl adjacent to an activating group) is 1. The fraction of sp³-hybridized carbons (Fsp3) is 0.259. The van der Waals surface area contributed by atoms with Crippen LogP contribution in [0.4, 0.5) is 5.69 Å². The molecular formula is C27H30BrN3O4S. The lowest BCUT2D eigenvalue weighted by Gasteiger charge is -2.33. The maximum Gasteiger partial charge on any atom is 0.244 e. The molecule has 0 radical (unpaired) electrons. The molecule has 1 N–H and O–H groups in total. The van der Waals surface area contributed by atoms with Crippen molar-refractivity contribution in [1.29, 1.82) is 0 Å². The SMILES string of the molecule is CNC(=O)[C@@H](Cc1ccccc1)N(Cc1cccc(Br)c1)C(=O)CN(c1ccc(C)cc1)S(C)(=O)=O. The van der Waals surface area contributed by atoms with Crippen LogP contribution in [0.5, 0.6) is 0 Å². The summed E-state index contributed by atoms with van der Waals surface area (Å²) in [5, 5.41) is 2.67. The number of hydrogen-bond donors (Lipinski definition) is 1. The first kappa shape index (κ1) is 27.4. The van der Waals surface area contributed by atoms with E-state index in [0.29, 0.717) is 5.69 Å². The first-order chi connectivity index (χ1) is 17.1. The average molecular weight is 573 g/mol. The standard InChI is InChI=1S/C27H30BrN3O4S/c1-20-12-14-24(15-13-20)31(36(3,34)35)19-26(32)30(18-22-10-7-11-23(28)16-22)25(27(33)29-2)17-21-8-5-4-6-9-21/h4-16,25H,17-19H2,1-3H3,(H,29,33)/t25-/m1/s1. The maximum atomic E-state index is 13.8. The number of amides is 2. The minimum atomic E-state index is -3.77. The number of benzene rings is 3. The summed E-state index contributed by atoms with van der Waals surface area (Å²) in [6.45, 7) is 1.60. The van der Waals surface area contributed by atoms with Gasteiger partial charge in [-0.3, -0.25) is 13.9 Å². The van der Waals surface area contributed by atoms with Crippen LogP contribution in [0, 0.1) is 6.92 Å². The first-order valence-corrected chi connectivity index (χ1v) is 14.1. The smallest absolute Gasteiger partial charge is 0.244 e. The minimum absolute atomic E-state index is 0.134. The van der Waals surface area contributed by atoms with Crippen LogP contribution in [-0.4, -0.2) is 51.0 Å². The van der Waals surface area contributed by atoms with E-state index in [1.54, 1.807) is 24.3 Å². The summed E-state index contributed by atoms with van der Waals surface area (Å²) in [6.07, 6.45) is 1.35. The zero-order valence-corrected chi connectivity index (χ0v) is 22.9. The fourth-order valence-electron chi connectivity index (χ4n) is 3.88. The summed E-state index contributed by atoms with van der Waals surface area (Å²) in [6, 6.07) is 23.0. The summed E-state index contributed by atoms with van der Waals surface area (Å²) < 4.78 is 27.3. The first-order valence-electron chi connectivity index (χ1n) is 11.4. The molecule has 0 bridgehead atoms. The van der Waals surface area contributed by atoms with Crippen molar-refractivity contribution in [2.24, 2.45) is 0 Å². The fourth-order valence-corrected chi connectivity index (χ4v) is 5.17. The summed E-state index contributed by atoms with van der Waals surface area (Å²) >= 11 is 3.46. The van der Waals surface area contributed by atoms with E-state index in [1.807, 2.05) is 61.5 Å². The lowest BCUT2D eigenvalue weighted by molar-refractivity contribution is -0.139. The Balaban J connectivity index is 2.02. The number of carbonyl (C=O) groups excluding carboxylic acids is 2. The molecule has 0 saturated carbocycles. The van der Waals surface area contributed by atoms with Crippen LogP contribution in [-0.2, 0) is 32.6 Å². The van der Waals surface area contributed by atoms with Gasteiger partial charge in [-0.15, -0.1) is 0 Å². The molecule has 190 valence electrons. The van der Waals surface area contributed by atoms with E-state index in [2.05, 4.69) is 21.2 Å². The topological polar surface area (TPSA) is 86.8 Å². The van der Waals surface area contributed by atoms with E-state index in [0.717, 1.165) is 31.7 Å². The molecule has 0 spiro atoms. The van der Waals surface area contributed by atoms with Gasteiger partial charge in [-0.2, -0.15) is 0 Å². The quantitative estimate of drug-likeness (QED) is 0.399. The number of anilines is 1. The van der Waals surface area contributed by atoms with Gasteiger partial charge in [0.2, 0.25) is 21.8 Å². The largest absolute Gasteiger partial charge is 0.357 e. The Morgan fingerprint density at radius 1 is 0.944 bits per heavy atom. The minimum Gasteiger partial charge on any atom is -0.357 e. The van der Waals surface area contributed by atoms with E-state index >= 15 is 0 Å². The predicted molar refractivity (Wildman–Crippen MR) is 146 cm³/mol. The van der Waals surface area contributed by atoms with E-state index in [1.165, 1.54) is 11.9 Å². The molecule has 7 nitrogen and oxygen atoms in total. The number of nitrogens with one attached hydrogen (secondary N) is 1. The van der Waals surface area contributed by atoms with Gasteiger partial charge < -0.3 is 10.2 Å². The summed E-state index contributed by atoms with van der Waals surface area (Å²) in [5.74, 6) is -0.811. The molecule has 0 unspecified atom stereocenters. The molecule has 0 saturated heterocycles. The van der Waals surface area contributed by atoms with Crippen molar-refractivity contribution in [1.82, 2.24) is 10.2 Å². The van der Waals surface area contributed by atoms with Crippen LogP contribution in [0.3, 0.4) is 0 Å². The van der Waals surface area contributed by atoms with Crippen molar-refractivity contribution in [2.45, 2.75) is 25.9 Å². The van der Waals surface area contributed by atoms with Crippen molar-refractivity contribution in [3.8, 4) is 0 Å². The molecule has 1 atom stereocenters. The molecule has 9 heteroatoms. The molecule has 2 amide bonds. The van der Waals surface area contributed by atoms with Crippen molar-refractivity contribution >= 4 is 43.5 Å². The molecule has 0 heterocycles. The van der Waals surface area contributed by atoms with Crippen LogP contribution < -0.4 is 9.62 Å². The van der Waals surface area contributed by atoms with Crippen molar-refractivity contribution in [3.63, 3.8) is 0 Å². The third kappa shape index (κ3) is 7.41. The number of sulfonamides is 1. The third-order valence-corrected chi connectivity index (χ3v) is 7.39. The highest BCUT2D eigenvalue weighted by atomic mass is 79.9. The molecule has 36 heavy (non-hydrogen) atoms. The molecular weight excluding hydrogens is 542 g/mol. The van der Waals surface area contributed by atoms with E-state index in [-0.39, 0.29) is 18.9 Å². The zero-order valence-electron chi connectivity index (χ0n) is 20.5. The van der Waals surface area contributed by atoms with E-state index in [9.17, 15) is 18.0 Å². The number of aryl methyl sites for hydroxylation is 1. The van der Waals surface area contributed by atoms with Gasteiger partial charge in [0.25, 0.3) is 0 Å². The Labute approximate surface area is 221 Å². The van der Waals surface area contributed by atoms with E-state index in [4.69, 9.17) is 0 Å². The summed E-state index contributed by atoms with van der Waals surface area (Å²) in [4.78, 5) is 28.3. The number of nitrogens with zero attached hydrogens (tertiary/aromatic N) is 2. The van der Waals surface area contributed by atoms with Gasteiger partial charge in [-0.1, -0.05) is 76.1 Å². The highest BCUT2D eigenvalue weighted by Gasteiger charge is 2.32. The van der Waals surface area contributed by atoms with E-state index < -0.39 is 28.5 Å². The second-order valence-corrected chi connectivity index (χ2v) is 11.4. The van der Waals surface area contributed by atoms with Gasteiger partial charge in [0, 0.05) is 24.5 Å². The van der Waals surface area contributed by atoms with Crippen LogP contribution in [0.15, 0.2) is 83.3 Å². The number of halogens is 1. The molecule has 3 rings (SSSR count). The Bertz CT molecular complexity index is 1300. The van der Waals surface area contributed by atoms with Crippen molar-refractivity contribution in [2.75, 3.05) is 24.2 Å². The second-order valence-electron chi connectivity index (χ2n) is 8.58. The molecule has 0 aliphatic heterocycles. The van der Waals surface area contributed by atoms with Gasteiger partial charge in [-0.25, -0.2) is 8.42 Å². The molecule has 3 aromatic rings. The van der Waals surface area contributed by atoms with Gasteiger partial charge in [0.1, 0.15) is 12.6 Å². The molecule has 0 aromatic heterocycles. The number of hydrogen-bond acceptors (Lipinski definition) is 4. The summed E-state index contributed by atoms with van der Waals surface area (Å²) in [7, 11) is -2.25. The zero-order chi connectivity index (χ0) is 26.3. The monoisotopic (exact) mass is 571 g/mol. The van der Waals surface area contributed by atoms with Gasteiger partial charge in [0.05, 0.1) is 11.9 Å². The lowest BCUT2D eigenvalue weighted by atomic mass is 10.0. The Morgan fingerprint density at radius 2 is 1.58 bits per heavy atom. The Kier molecular flexibility index (Phi) is 9.28. The average Bonchev–Trinajstić information content (AvgIpc) is 2.84. The van der Waals surface area contributed by atoms with Crippen LogP contribution in [0.2, 0.25) is 0 Å². The Morgan fingerprint density at radius 3 is 2.17 bits per heavy atom. The molecule has 0 fully saturated rings. The number of carbonyl (C=O) groups is 2. The van der Waals surface area contributed by atoms with Crippen LogP contribution in [0.1, 0.15) is 16.7 Å². The third-order valence-electron chi connectivity index (χ3n) is 5.76. The summed E-state index contributed by atoms with van der Waals surface area (Å²) in [5.41, 5.74) is 3.05. The van der Waals surface area contributed by atoms with Crippen molar-refractivity contribution < 1.29 is 18.0 Å². The Hall–Kier alpha value is -3.17. The van der Waals surface area contributed by atoms with Gasteiger partial charge in [-0.05, 0) is 42.3 Å². The van der Waals surface area contributed by atoms with Crippen molar-refractivity contribution in [3.05, 3.63) is 100 Å². The maximum absolute atomic E-state index is 13.8. The normalized spacial score (nSPS) is 12.0. The molecule has 0 aliphatic rings. The molecule has 3 aromatic carbocycles. The number of rotatable bonds is 10. The predicted octanol–water partition coefficient (Wildman–Crippen LogP) is 3.91. The molecule has 0 aliphatic carbocycles. The van der Waals surface area contributed by atoms with Crippen LogP contribution in [0.25, 0.3) is 0 Å². The van der Waals surface area contributed by atoms with Gasteiger partial charge >= 0.3 is 0 Å². The second kappa shape index (κ2) is 12.2. The van der Waals surface area contributed by atoms with Gasteiger partial charge in [0.15, 0.2) is 0 Å².